The first-order valence-corrected chi connectivity index (χ1v) is 9.44. The maximum absolute atomic E-state index is 12.5. The molecule has 0 aromatic heterocycles. The lowest BCUT2D eigenvalue weighted by Gasteiger charge is -2.40. The molecule has 0 bridgehead atoms. The minimum Gasteiger partial charge on any atom is -0.469 e. The van der Waals surface area contributed by atoms with E-state index in [0.717, 1.165) is 0 Å². The molecule has 0 radical (unpaired) electrons. The fourth-order valence-electron chi connectivity index (χ4n) is 2.48. The molecule has 2 aliphatic heterocycles. The maximum atomic E-state index is 12.5. The van der Waals surface area contributed by atoms with Crippen molar-refractivity contribution < 1.29 is 33.0 Å². The quantitative estimate of drug-likeness (QED) is 0.522. The molecule has 138 valence electrons. The van der Waals surface area contributed by atoms with Crippen LogP contribution >= 0.6 is 8.09 Å². The van der Waals surface area contributed by atoms with Crippen molar-refractivity contribution >= 4 is 20.0 Å². The summed E-state index contributed by atoms with van der Waals surface area (Å²) >= 11 is 0. The van der Waals surface area contributed by atoms with Crippen LogP contribution in [0.4, 0.5) is 0 Å². The lowest BCUT2D eigenvalue weighted by molar-refractivity contribution is -0.143. The Hall–Kier alpha value is -0.830. The van der Waals surface area contributed by atoms with Crippen LogP contribution < -0.4 is 5.32 Å². The smallest absolute Gasteiger partial charge is 0.469 e. The first-order valence-electron chi connectivity index (χ1n) is 7.91. The molecule has 2 heterocycles. The predicted octanol–water partition coefficient (Wildman–Crippen LogP) is 0.109. The summed E-state index contributed by atoms with van der Waals surface area (Å²) in [7, 11) is -1.99. The lowest BCUT2D eigenvalue weighted by atomic mass is 9.87. The number of esters is 1. The first kappa shape index (κ1) is 19.5. The van der Waals surface area contributed by atoms with Gasteiger partial charge in [0, 0.05) is 12.0 Å². The Morgan fingerprint density at radius 2 is 2.04 bits per heavy atom. The largest absolute Gasteiger partial charge is 0.502 e. The minimum absolute atomic E-state index is 0.0781. The fourth-order valence-corrected chi connectivity index (χ4v) is 4.66. The Bertz CT molecular complexity index is 470. The van der Waals surface area contributed by atoms with Crippen molar-refractivity contribution in [2.24, 2.45) is 5.41 Å². The molecule has 2 N–H and O–H groups in total. The van der Waals surface area contributed by atoms with Crippen LogP contribution in [0.3, 0.4) is 0 Å². The highest BCUT2D eigenvalue weighted by atomic mass is 31.2. The number of hydrogen-bond donors (Lipinski definition) is 2. The number of ether oxygens (including phenoxy) is 2. The number of amides is 1. The van der Waals surface area contributed by atoms with Crippen LogP contribution in [0.1, 0.15) is 20.3 Å². The van der Waals surface area contributed by atoms with Crippen molar-refractivity contribution in [1.29, 1.82) is 0 Å². The summed E-state index contributed by atoms with van der Waals surface area (Å²) in [5.74, 6) is -0.779. The highest BCUT2D eigenvalue weighted by Crippen LogP contribution is 2.65. The van der Waals surface area contributed by atoms with Crippen molar-refractivity contribution in [3.8, 4) is 0 Å². The van der Waals surface area contributed by atoms with Crippen molar-refractivity contribution in [1.82, 2.24) is 9.99 Å². The van der Waals surface area contributed by atoms with Gasteiger partial charge in [-0.1, -0.05) is 18.5 Å². The monoisotopic (exact) mass is 365 g/mol. The topological polar surface area (TPSA) is 107 Å². The van der Waals surface area contributed by atoms with E-state index in [0.29, 0.717) is 26.3 Å². The second-order valence-corrected chi connectivity index (χ2v) is 8.44. The number of carbonyl (C=O) groups excluding carboxylic acids is 2. The van der Waals surface area contributed by atoms with E-state index in [1.165, 1.54) is 7.11 Å². The standard InChI is InChI=1S/C14H25N2O7P/c1-14(2)10-22-24(19,16-6-8-21-9-7-16)23-12(14)13(18)15-5-4-11(17)20-3/h12,19H,4-10H2,1-3H3/p+1/t12-,24?/m0/s1. The normalized spacial score (nSPS) is 30.6. The summed E-state index contributed by atoms with van der Waals surface area (Å²) in [6, 6.07) is 0. The van der Waals surface area contributed by atoms with Crippen molar-refractivity contribution in [2.45, 2.75) is 26.4 Å². The van der Waals surface area contributed by atoms with Gasteiger partial charge in [0.05, 0.1) is 39.8 Å². The predicted molar refractivity (Wildman–Crippen MR) is 85.8 cm³/mol. The summed E-state index contributed by atoms with van der Waals surface area (Å²) in [5, 5.41) is 2.66. The minimum atomic E-state index is -3.28. The summed E-state index contributed by atoms with van der Waals surface area (Å²) < 4.78 is 22.9. The average molecular weight is 365 g/mol. The molecule has 1 amide bonds. The van der Waals surface area contributed by atoms with Crippen LogP contribution in [0.15, 0.2) is 0 Å². The van der Waals surface area contributed by atoms with Gasteiger partial charge >= 0.3 is 14.1 Å². The highest BCUT2D eigenvalue weighted by molar-refractivity contribution is 7.58. The van der Waals surface area contributed by atoms with Gasteiger partial charge in [0.15, 0.2) is 6.10 Å². The summed E-state index contributed by atoms with van der Waals surface area (Å²) in [5.41, 5.74) is -0.603. The van der Waals surface area contributed by atoms with Crippen LogP contribution in [0.2, 0.25) is 0 Å². The molecule has 1 unspecified atom stereocenters. The zero-order chi connectivity index (χ0) is 17.8. The third-order valence-electron chi connectivity index (χ3n) is 4.00. The molecule has 2 fully saturated rings. The molecule has 2 saturated heterocycles. The second-order valence-electron chi connectivity index (χ2n) is 6.42. The van der Waals surface area contributed by atoms with E-state index >= 15 is 0 Å². The van der Waals surface area contributed by atoms with Crippen LogP contribution in [0.25, 0.3) is 0 Å². The third-order valence-corrected chi connectivity index (χ3v) is 6.06. The number of rotatable bonds is 5. The van der Waals surface area contributed by atoms with Crippen molar-refractivity contribution in [3.05, 3.63) is 0 Å². The number of nitrogens with zero attached hydrogens (tertiary/aromatic N) is 1. The van der Waals surface area contributed by atoms with E-state index in [1.54, 1.807) is 4.67 Å². The van der Waals surface area contributed by atoms with Gasteiger partial charge in [0.25, 0.3) is 5.91 Å². The van der Waals surface area contributed by atoms with Gasteiger partial charge < -0.3 is 14.8 Å². The number of carbonyl (C=O) groups is 2. The number of nitrogens with one attached hydrogen (secondary N) is 1. The van der Waals surface area contributed by atoms with Crippen LogP contribution in [0.5, 0.6) is 0 Å². The van der Waals surface area contributed by atoms with Crippen molar-refractivity contribution in [2.75, 3.05) is 46.6 Å². The van der Waals surface area contributed by atoms with Gasteiger partial charge in [0.2, 0.25) is 0 Å². The van der Waals surface area contributed by atoms with Crippen LogP contribution in [0, 0.1) is 5.41 Å². The van der Waals surface area contributed by atoms with Gasteiger partial charge in [-0.15, -0.1) is 4.52 Å². The van der Waals surface area contributed by atoms with Gasteiger partial charge in [0.1, 0.15) is 6.61 Å². The molecule has 0 saturated carbocycles. The number of methoxy groups -OCH3 is 1. The Balaban J connectivity index is 1.99. The third kappa shape index (κ3) is 4.62. The molecule has 0 aromatic rings. The average Bonchev–Trinajstić information content (AvgIpc) is 2.57. The van der Waals surface area contributed by atoms with E-state index in [4.69, 9.17) is 13.8 Å². The Morgan fingerprint density at radius 1 is 1.38 bits per heavy atom. The molecular formula is C14H26N2O7P+. The number of morpholine rings is 1. The van der Waals surface area contributed by atoms with Crippen LogP contribution in [-0.2, 0) is 28.1 Å². The molecule has 2 rings (SSSR count). The van der Waals surface area contributed by atoms with Gasteiger partial charge in [-0.25, -0.2) is 0 Å². The van der Waals surface area contributed by atoms with Crippen molar-refractivity contribution in [3.63, 3.8) is 0 Å². The zero-order valence-corrected chi connectivity index (χ0v) is 15.2. The SMILES string of the molecule is COC(=O)CCNC(=O)[C@@H]1O[P+](O)(N2CCOCC2)OCC1(C)C. The van der Waals surface area contributed by atoms with E-state index in [-0.39, 0.29) is 25.5 Å². The highest BCUT2D eigenvalue weighted by Gasteiger charge is 2.61. The molecule has 24 heavy (non-hydrogen) atoms. The van der Waals surface area contributed by atoms with Gasteiger partial charge in [-0.05, 0) is 0 Å². The Labute approximate surface area is 142 Å². The van der Waals surface area contributed by atoms with E-state index in [2.05, 4.69) is 10.1 Å². The summed E-state index contributed by atoms with van der Waals surface area (Å²) in [4.78, 5) is 34.4. The van der Waals surface area contributed by atoms with Gasteiger partial charge in [-0.3, -0.25) is 9.59 Å². The molecule has 0 spiro atoms. The lowest BCUT2D eigenvalue weighted by Crippen LogP contribution is -2.53. The molecule has 9 nitrogen and oxygen atoms in total. The van der Waals surface area contributed by atoms with Crippen LogP contribution in [-0.4, -0.2) is 74.1 Å². The first-order chi connectivity index (χ1) is 11.3. The van der Waals surface area contributed by atoms with E-state index in [9.17, 15) is 14.5 Å². The Morgan fingerprint density at radius 3 is 2.67 bits per heavy atom. The zero-order valence-electron chi connectivity index (χ0n) is 14.3. The Kier molecular flexibility index (Phi) is 6.52. The molecule has 10 heteroatoms. The fraction of sp³-hybridized carbons (Fsp3) is 0.857. The molecule has 2 aliphatic rings. The van der Waals surface area contributed by atoms with E-state index < -0.39 is 25.6 Å². The molecule has 2 atom stereocenters. The summed E-state index contributed by atoms with van der Waals surface area (Å²) in [6.07, 6.45) is -0.792. The molecule has 0 aliphatic carbocycles. The van der Waals surface area contributed by atoms with E-state index in [1.807, 2.05) is 13.8 Å². The van der Waals surface area contributed by atoms with Gasteiger partial charge in [-0.2, -0.15) is 9.42 Å². The molecular weight excluding hydrogens is 339 g/mol. The molecule has 0 aromatic carbocycles. The number of hydrogen-bond acceptors (Lipinski definition) is 8. The maximum Gasteiger partial charge on any atom is 0.502 e. The summed E-state index contributed by atoms with van der Waals surface area (Å²) in [6.45, 7) is 5.95. The second kappa shape index (κ2) is 8.03.